The molecule has 1 aliphatic heterocycles. The van der Waals surface area contributed by atoms with Crippen molar-refractivity contribution in [2.45, 2.75) is 0 Å². The highest BCUT2D eigenvalue weighted by molar-refractivity contribution is 6.36. The van der Waals surface area contributed by atoms with Gasteiger partial charge >= 0.3 is 0 Å². The van der Waals surface area contributed by atoms with Crippen LogP contribution in [0.25, 0.3) is 11.3 Å². The first-order valence-corrected chi connectivity index (χ1v) is 12.4. The van der Waals surface area contributed by atoms with Gasteiger partial charge in [0.25, 0.3) is 5.91 Å². The molecule has 0 unspecified atom stereocenters. The van der Waals surface area contributed by atoms with E-state index in [0.29, 0.717) is 60.6 Å². The minimum Gasteiger partial charge on any atom is -0.383 e. The average Bonchev–Trinajstić information content (AvgIpc) is 2.91. The maximum absolute atomic E-state index is 13.0. The highest BCUT2D eigenvalue weighted by Gasteiger charge is 2.26. The van der Waals surface area contributed by atoms with Gasteiger partial charge in [-0.25, -0.2) is 0 Å². The van der Waals surface area contributed by atoms with Crippen molar-refractivity contribution in [3.63, 3.8) is 0 Å². The minimum atomic E-state index is -0.184. The maximum atomic E-state index is 13.0. The second-order valence-corrected chi connectivity index (χ2v) is 9.20. The lowest BCUT2D eigenvalue weighted by Crippen LogP contribution is -2.52. The Morgan fingerprint density at radius 1 is 0.972 bits per heavy atom. The lowest BCUT2D eigenvalue weighted by molar-refractivity contribution is -0.132. The number of benzene rings is 2. The van der Waals surface area contributed by atoms with Crippen LogP contribution in [0.5, 0.6) is 0 Å². The summed E-state index contributed by atoms with van der Waals surface area (Å²) in [5.41, 5.74) is 1.97. The Hall–Kier alpha value is -3.20. The Bertz CT molecular complexity index is 1190. The molecule has 2 aromatic carbocycles. The SMILES string of the molecule is COCCN(CC(=O)N1CCN(c2ccc(-c3ccc(Cl)cc3Cl)nn2)CC1)C(=O)c1ccccc1. The van der Waals surface area contributed by atoms with E-state index in [4.69, 9.17) is 27.9 Å². The predicted octanol–water partition coefficient (Wildman–Crippen LogP) is 3.89. The zero-order chi connectivity index (χ0) is 25.5. The fourth-order valence-electron chi connectivity index (χ4n) is 4.00. The van der Waals surface area contributed by atoms with Gasteiger partial charge in [0.15, 0.2) is 5.82 Å². The Morgan fingerprint density at radius 2 is 1.72 bits per heavy atom. The molecular formula is C26H27Cl2N5O3. The van der Waals surface area contributed by atoms with Crippen molar-refractivity contribution >= 4 is 40.8 Å². The van der Waals surface area contributed by atoms with E-state index in [-0.39, 0.29) is 18.4 Å². The molecule has 3 aromatic rings. The number of hydrogen-bond acceptors (Lipinski definition) is 6. The molecule has 188 valence electrons. The van der Waals surface area contributed by atoms with Crippen LogP contribution in [0.2, 0.25) is 10.0 Å². The van der Waals surface area contributed by atoms with Crippen LogP contribution in [0.15, 0.2) is 60.7 Å². The summed E-state index contributed by atoms with van der Waals surface area (Å²) in [5.74, 6) is 0.460. The first-order valence-electron chi connectivity index (χ1n) is 11.6. The number of methoxy groups -OCH3 is 1. The molecule has 1 fully saturated rings. The normalized spacial score (nSPS) is 13.5. The van der Waals surface area contributed by atoms with Crippen LogP contribution in [0.4, 0.5) is 5.82 Å². The molecule has 8 nitrogen and oxygen atoms in total. The molecule has 2 amide bonds. The van der Waals surface area contributed by atoms with Crippen LogP contribution >= 0.6 is 23.2 Å². The van der Waals surface area contributed by atoms with Crippen LogP contribution in [-0.2, 0) is 9.53 Å². The Morgan fingerprint density at radius 3 is 2.36 bits per heavy atom. The number of ether oxygens (including phenoxy) is 1. The second kappa shape index (κ2) is 12.2. The molecule has 1 aliphatic rings. The van der Waals surface area contributed by atoms with E-state index >= 15 is 0 Å². The molecule has 4 rings (SSSR count). The van der Waals surface area contributed by atoms with Gasteiger partial charge in [-0.3, -0.25) is 9.59 Å². The molecule has 0 saturated carbocycles. The number of carbonyl (C=O) groups is 2. The smallest absolute Gasteiger partial charge is 0.254 e. The number of aromatic nitrogens is 2. The summed E-state index contributed by atoms with van der Waals surface area (Å²) < 4.78 is 5.15. The van der Waals surface area contributed by atoms with Gasteiger partial charge in [-0.2, -0.15) is 0 Å². The zero-order valence-corrected chi connectivity index (χ0v) is 21.5. The molecular weight excluding hydrogens is 501 g/mol. The molecule has 2 heterocycles. The van der Waals surface area contributed by atoms with Gasteiger partial charge in [-0.1, -0.05) is 41.4 Å². The Labute approximate surface area is 220 Å². The number of piperazine rings is 1. The van der Waals surface area contributed by atoms with E-state index in [2.05, 4.69) is 15.1 Å². The summed E-state index contributed by atoms with van der Waals surface area (Å²) in [7, 11) is 1.58. The molecule has 0 bridgehead atoms. The van der Waals surface area contributed by atoms with E-state index in [1.165, 1.54) is 0 Å². The van der Waals surface area contributed by atoms with E-state index in [0.717, 1.165) is 11.4 Å². The molecule has 0 spiro atoms. The number of rotatable bonds is 8. The second-order valence-electron chi connectivity index (χ2n) is 8.35. The summed E-state index contributed by atoms with van der Waals surface area (Å²) >= 11 is 12.3. The molecule has 0 radical (unpaired) electrons. The van der Waals surface area contributed by atoms with E-state index in [1.54, 1.807) is 41.2 Å². The van der Waals surface area contributed by atoms with Gasteiger partial charge in [-0.15, -0.1) is 10.2 Å². The third kappa shape index (κ3) is 6.32. The average molecular weight is 528 g/mol. The number of amides is 2. The number of anilines is 1. The van der Waals surface area contributed by atoms with Crippen LogP contribution in [0, 0.1) is 0 Å². The van der Waals surface area contributed by atoms with E-state index in [9.17, 15) is 9.59 Å². The third-order valence-corrected chi connectivity index (χ3v) is 6.56. The number of nitrogens with zero attached hydrogens (tertiary/aromatic N) is 5. The maximum Gasteiger partial charge on any atom is 0.254 e. The monoisotopic (exact) mass is 527 g/mol. The lowest BCUT2D eigenvalue weighted by Gasteiger charge is -2.36. The van der Waals surface area contributed by atoms with Gasteiger partial charge in [0, 0.05) is 56.0 Å². The van der Waals surface area contributed by atoms with Gasteiger partial charge in [-0.05, 0) is 42.5 Å². The summed E-state index contributed by atoms with van der Waals surface area (Å²) in [4.78, 5) is 31.4. The number of halogens is 2. The first kappa shape index (κ1) is 25.9. The third-order valence-electron chi connectivity index (χ3n) is 6.01. The predicted molar refractivity (Wildman–Crippen MR) is 141 cm³/mol. The highest BCUT2D eigenvalue weighted by Crippen LogP contribution is 2.29. The number of hydrogen-bond donors (Lipinski definition) is 0. The molecule has 0 N–H and O–H groups in total. The topological polar surface area (TPSA) is 78.9 Å². The van der Waals surface area contributed by atoms with Crippen molar-refractivity contribution in [2.24, 2.45) is 0 Å². The van der Waals surface area contributed by atoms with E-state index < -0.39 is 0 Å². The summed E-state index contributed by atoms with van der Waals surface area (Å²) in [6.45, 7) is 3.00. The lowest BCUT2D eigenvalue weighted by atomic mass is 10.1. The molecule has 10 heteroatoms. The molecule has 36 heavy (non-hydrogen) atoms. The zero-order valence-electron chi connectivity index (χ0n) is 19.9. The standard InChI is InChI=1S/C26H27Cl2N5O3/c1-36-16-15-33(26(35)19-5-3-2-4-6-19)18-25(34)32-13-11-31(12-14-32)24-10-9-23(29-30-24)21-8-7-20(27)17-22(21)28/h2-10,17H,11-16,18H2,1H3. The fraction of sp³-hybridized carbons (Fsp3) is 0.308. The van der Waals surface area contributed by atoms with Gasteiger partial charge in [0.1, 0.15) is 6.54 Å². The number of carbonyl (C=O) groups excluding carboxylic acids is 2. The summed E-state index contributed by atoms with van der Waals surface area (Å²) in [5, 5.41) is 9.77. The van der Waals surface area contributed by atoms with Crippen LogP contribution < -0.4 is 4.90 Å². The highest BCUT2D eigenvalue weighted by atomic mass is 35.5. The van der Waals surface area contributed by atoms with Crippen LogP contribution in [0.3, 0.4) is 0 Å². The van der Waals surface area contributed by atoms with Crippen LogP contribution in [-0.4, -0.2) is 84.8 Å². The fourth-order valence-corrected chi connectivity index (χ4v) is 4.51. The quantitative estimate of drug-likeness (QED) is 0.442. The Kier molecular flexibility index (Phi) is 8.74. The van der Waals surface area contributed by atoms with Crippen molar-refractivity contribution < 1.29 is 14.3 Å². The summed E-state index contributed by atoms with van der Waals surface area (Å²) in [6, 6.07) is 18.0. The van der Waals surface area contributed by atoms with Gasteiger partial charge in [0.2, 0.25) is 5.91 Å². The van der Waals surface area contributed by atoms with Crippen molar-refractivity contribution in [3.8, 4) is 11.3 Å². The Balaban J connectivity index is 1.35. The minimum absolute atomic E-state index is 0.00738. The largest absolute Gasteiger partial charge is 0.383 e. The van der Waals surface area contributed by atoms with Gasteiger partial charge < -0.3 is 19.4 Å². The van der Waals surface area contributed by atoms with Crippen molar-refractivity contribution in [1.82, 2.24) is 20.0 Å². The van der Waals surface area contributed by atoms with Gasteiger partial charge in [0.05, 0.1) is 17.3 Å². The molecule has 1 aromatic heterocycles. The van der Waals surface area contributed by atoms with Crippen molar-refractivity contribution in [2.75, 3.05) is 57.9 Å². The molecule has 0 atom stereocenters. The summed E-state index contributed by atoms with van der Waals surface area (Å²) in [6.07, 6.45) is 0. The van der Waals surface area contributed by atoms with E-state index in [1.807, 2.05) is 36.4 Å². The first-order chi connectivity index (χ1) is 17.5. The van der Waals surface area contributed by atoms with Crippen molar-refractivity contribution in [3.05, 3.63) is 76.3 Å². The molecule has 0 aliphatic carbocycles. The molecule has 1 saturated heterocycles. The van der Waals surface area contributed by atoms with Crippen LogP contribution in [0.1, 0.15) is 10.4 Å². The van der Waals surface area contributed by atoms with Crippen molar-refractivity contribution in [1.29, 1.82) is 0 Å².